The summed E-state index contributed by atoms with van der Waals surface area (Å²) in [5.74, 6) is -0.165. The highest BCUT2D eigenvalue weighted by Gasteiger charge is 2.44. The van der Waals surface area contributed by atoms with Crippen LogP contribution in [0.3, 0.4) is 0 Å². The molecule has 0 saturated carbocycles. The van der Waals surface area contributed by atoms with Gasteiger partial charge in [0.1, 0.15) is 24.4 Å². The summed E-state index contributed by atoms with van der Waals surface area (Å²) < 4.78 is 16.8. The highest BCUT2D eigenvalue weighted by atomic mass is 16.7. The maximum atomic E-state index is 13.0. The third-order valence-electron chi connectivity index (χ3n) is 19.4. The molecule has 0 spiro atoms. The van der Waals surface area contributed by atoms with E-state index in [1.807, 2.05) is 6.08 Å². The van der Waals surface area contributed by atoms with E-state index in [0.29, 0.717) is 19.4 Å². The van der Waals surface area contributed by atoms with Gasteiger partial charge in [0.05, 0.1) is 32.0 Å². The number of rotatable bonds is 73. The molecule has 1 aliphatic rings. The summed E-state index contributed by atoms with van der Waals surface area (Å²) in [5, 5.41) is 54.4. The molecule has 0 aromatic rings. The van der Waals surface area contributed by atoms with Gasteiger partial charge in [-0.2, -0.15) is 0 Å². The molecule has 94 heavy (non-hydrogen) atoms. The lowest BCUT2D eigenvalue weighted by Gasteiger charge is -2.40. The molecule has 1 fully saturated rings. The standard InChI is InChI=1S/C83H155NO10/c1-3-5-7-9-11-13-15-16-17-18-38-42-45-48-51-55-59-63-67-71-79(88)92-72-68-64-60-56-52-49-46-43-40-37-35-33-31-29-27-25-23-21-19-20-22-24-26-28-30-32-34-36-39-41-44-47-50-54-58-62-66-70-78(87)84-75(74-93-83-82(91)81(90)80(89)77(73-85)94-83)76(86)69-65-61-57-53-14-12-10-8-6-4-2/h11,13,16-17,19,21,65,69,75-77,80-83,85-86,89-91H,3-10,12,14-15,18,20,22-64,66-68,70-74H2,1-2H3,(H,84,87)/b13-11-,17-16-,21-19-,69-65+. The Hall–Kier alpha value is -2.38. The molecule has 6 N–H and O–H groups in total. The molecule has 11 nitrogen and oxygen atoms in total. The molecule has 1 heterocycles. The third kappa shape index (κ3) is 59.7. The minimum absolute atomic E-state index is 0.0119. The van der Waals surface area contributed by atoms with Crippen LogP contribution in [0.4, 0.5) is 0 Å². The second kappa shape index (κ2) is 71.9. The van der Waals surface area contributed by atoms with E-state index >= 15 is 0 Å². The van der Waals surface area contributed by atoms with E-state index in [4.69, 9.17) is 14.2 Å². The van der Waals surface area contributed by atoms with E-state index in [2.05, 4.69) is 55.6 Å². The largest absolute Gasteiger partial charge is 0.466 e. The molecule has 7 unspecified atom stereocenters. The molecular weight excluding hydrogens is 1170 g/mol. The molecule has 7 atom stereocenters. The normalized spacial score (nSPS) is 17.6. The van der Waals surface area contributed by atoms with E-state index in [0.717, 1.165) is 64.2 Å². The molecule has 0 aromatic carbocycles. The van der Waals surface area contributed by atoms with Gasteiger partial charge in [-0.3, -0.25) is 9.59 Å². The topological polar surface area (TPSA) is 175 Å². The zero-order valence-corrected chi connectivity index (χ0v) is 61.7. The average molecular weight is 1330 g/mol. The summed E-state index contributed by atoms with van der Waals surface area (Å²) in [6.45, 7) is 4.35. The van der Waals surface area contributed by atoms with Crippen LogP contribution in [0.5, 0.6) is 0 Å². The molecule has 552 valence electrons. The highest BCUT2D eigenvalue weighted by Crippen LogP contribution is 2.24. The van der Waals surface area contributed by atoms with Crippen LogP contribution in [0.15, 0.2) is 48.6 Å². The van der Waals surface area contributed by atoms with Crippen LogP contribution in [0.25, 0.3) is 0 Å². The number of aliphatic hydroxyl groups excluding tert-OH is 5. The summed E-state index contributed by atoms with van der Waals surface area (Å²) >= 11 is 0. The zero-order chi connectivity index (χ0) is 67.9. The number of carbonyl (C=O) groups excluding carboxylic acids is 2. The smallest absolute Gasteiger partial charge is 0.305 e. The first-order valence-electron chi connectivity index (χ1n) is 40.9. The van der Waals surface area contributed by atoms with Crippen LogP contribution in [0, 0.1) is 0 Å². The zero-order valence-electron chi connectivity index (χ0n) is 61.7. The molecular formula is C83H155NO10. The van der Waals surface area contributed by atoms with E-state index in [1.54, 1.807) is 6.08 Å². The molecule has 1 amide bonds. The number of esters is 1. The molecule has 0 aliphatic carbocycles. The van der Waals surface area contributed by atoms with E-state index < -0.39 is 49.5 Å². The summed E-state index contributed by atoms with van der Waals surface area (Å²) in [6, 6.07) is -0.806. The highest BCUT2D eigenvalue weighted by molar-refractivity contribution is 5.76. The van der Waals surface area contributed by atoms with Crippen molar-refractivity contribution in [2.75, 3.05) is 19.8 Å². The predicted molar refractivity (Wildman–Crippen MR) is 398 cm³/mol. The minimum atomic E-state index is -1.57. The summed E-state index contributed by atoms with van der Waals surface area (Å²) in [4.78, 5) is 25.2. The van der Waals surface area contributed by atoms with Crippen molar-refractivity contribution in [3.8, 4) is 0 Å². The first-order chi connectivity index (χ1) is 46.2. The van der Waals surface area contributed by atoms with Crippen molar-refractivity contribution < 1.29 is 49.3 Å². The number of nitrogens with one attached hydrogen (secondary N) is 1. The van der Waals surface area contributed by atoms with E-state index in [-0.39, 0.29) is 18.5 Å². The van der Waals surface area contributed by atoms with Crippen molar-refractivity contribution in [2.24, 2.45) is 0 Å². The fourth-order valence-corrected chi connectivity index (χ4v) is 13.0. The lowest BCUT2D eigenvalue weighted by molar-refractivity contribution is -0.302. The summed E-state index contributed by atoms with van der Waals surface area (Å²) in [6.07, 6.45) is 85.9. The van der Waals surface area contributed by atoms with Crippen molar-refractivity contribution in [1.29, 1.82) is 0 Å². The van der Waals surface area contributed by atoms with Crippen molar-refractivity contribution in [2.45, 2.75) is 448 Å². The van der Waals surface area contributed by atoms with E-state index in [9.17, 15) is 35.1 Å². The monoisotopic (exact) mass is 1330 g/mol. The molecule has 1 rings (SSSR count). The number of hydrogen-bond donors (Lipinski definition) is 6. The molecule has 0 radical (unpaired) electrons. The first kappa shape index (κ1) is 89.6. The van der Waals surface area contributed by atoms with Gasteiger partial charge >= 0.3 is 5.97 Å². The quantitative estimate of drug-likeness (QED) is 0.0195. The summed E-state index contributed by atoms with van der Waals surface area (Å²) in [7, 11) is 0. The third-order valence-corrected chi connectivity index (χ3v) is 19.4. The van der Waals surface area contributed by atoms with Gasteiger partial charge in [0.15, 0.2) is 6.29 Å². The van der Waals surface area contributed by atoms with Crippen LogP contribution >= 0.6 is 0 Å². The van der Waals surface area contributed by atoms with Crippen LogP contribution in [0.1, 0.15) is 406 Å². The second-order valence-electron chi connectivity index (χ2n) is 28.5. The van der Waals surface area contributed by atoms with Crippen molar-refractivity contribution in [3.05, 3.63) is 48.6 Å². The van der Waals surface area contributed by atoms with Crippen LogP contribution in [-0.4, -0.2) is 100 Å². The number of aliphatic hydroxyl groups is 5. The molecule has 1 saturated heterocycles. The first-order valence-corrected chi connectivity index (χ1v) is 40.9. The number of allylic oxidation sites excluding steroid dienone is 7. The molecule has 0 aromatic heterocycles. The summed E-state index contributed by atoms with van der Waals surface area (Å²) in [5.41, 5.74) is 0. The Morgan fingerprint density at radius 2 is 0.713 bits per heavy atom. The SMILES string of the molecule is CCCCC/C=C\C/C=C\CCCCCCCCCCCC(=O)OCCCCCCCCCCCCCCCCCC/C=C\CCCCCCCCCCCCCCCCCCCC(=O)NC(COC1OC(CO)C(O)C(O)C1O)C(O)/C=C/CCCCCCCCCC. The second-order valence-corrected chi connectivity index (χ2v) is 28.5. The van der Waals surface area contributed by atoms with E-state index in [1.165, 1.54) is 315 Å². The van der Waals surface area contributed by atoms with Gasteiger partial charge < -0.3 is 45.1 Å². The van der Waals surface area contributed by atoms with Crippen molar-refractivity contribution in [1.82, 2.24) is 5.32 Å². The van der Waals surface area contributed by atoms with Crippen LogP contribution in [-0.2, 0) is 23.8 Å². The molecule has 1 aliphatic heterocycles. The Morgan fingerprint density at radius 3 is 1.11 bits per heavy atom. The van der Waals surface area contributed by atoms with Gasteiger partial charge in [0.25, 0.3) is 0 Å². The predicted octanol–water partition coefficient (Wildman–Crippen LogP) is 22.3. The average Bonchev–Trinajstić information content (AvgIpc) is 1.07. The maximum Gasteiger partial charge on any atom is 0.305 e. The van der Waals surface area contributed by atoms with Crippen molar-refractivity contribution >= 4 is 11.9 Å². The number of carbonyl (C=O) groups is 2. The lowest BCUT2D eigenvalue weighted by Crippen LogP contribution is -2.60. The fourth-order valence-electron chi connectivity index (χ4n) is 13.0. The molecule has 0 bridgehead atoms. The Balaban J connectivity index is 1.85. The fraction of sp³-hybridized carbons (Fsp3) is 0.880. The van der Waals surface area contributed by atoms with Crippen LogP contribution < -0.4 is 5.32 Å². The number of ether oxygens (including phenoxy) is 3. The van der Waals surface area contributed by atoms with Gasteiger partial charge in [-0.05, 0) is 89.9 Å². The van der Waals surface area contributed by atoms with Crippen molar-refractivity contribution in [3.63, 3.8) is 0 Å². The van der Waals surface area contributed by atoms with Gasteiger partial charge in [0.2, 0.25) is 5.91 Å². The number of amides is 1. The maximum absolute atomic E-state index is 13.0. The number of hydrogen-bond acceptors (Lipinski definition) is 10. The van der Waals surface area contributed by atoms with Gasteiger partial charge in [-0.1, -0.05) is 351 Å². The Labute approximate surface area is 580 Å². The van der Waals surface area contributed by atoms with Crippen LogP contribution in [0.2, 0.25) is 0 Å². The lowest BCUT2D eigenvalue weighted by atomic mass is 9.99. The number of unbranched alkanes of at least 4 members (excludes halogenated alkanes) is 53. The Morgan fingerprint density at radius 1 is 0.394 bits per heavy atom. The minimum Gasteiger partial charge on any atom is -0.466 e. The van der Waals surface area contributed by atoms with Gasteiger partial charge in [-0.15, -0.1) is 0 Å². The Bertz CT molecular complexity index is 1700. The molecule has 11 heteroatoms. The Kier molecular flexibility index (Phi) is 68.5. The van der Waals surface area contributed by atoms with Gasteiger partial charge in [0, 0.05) is 12.8 Å². The van der Waals surface area contributed by atoms with Gasteiger partial charge in [-0.25, -0.2) is 0 Å².